The minimum absolute atomic E-state index is 0.143. The van der Waals surface area contributed by atoms with Gasteiger partial charge in [0.25, 0.3) is 0 Å². The van der Waals surface area contributed by atoms with Gasteiger partial charge in [0.1, 0.15) is 11.2 Å². The molecule has 0 N–H and O–H groups in total. The minimum Gasteiger partial charge on any atom is -0.455 e. The molecule has 0 saturated heterocycles. The molecule has 0 fully saturated rings. The van der Waals surface area contributed by atoms with Crippen LogP contribution in [0.25, 0.3) is 89.2 Å². The molecular formula is C49H34N2O. The molecule has 1 aliphatic carbocycles. The number of fused-ring (bicyclic) bond motifs is 6. The molecule has 0 amide bonds. The summed E-state index contributed by atoms with van der Waals surface area (Å²) in [7, 11) is 0. The van der Waals surface area contributed by atoms with Crippen LogP contribution in [-0.2, 0) is 5.41 Å². The summed E-state index contributed by atoms with van der Waals surface area (Å²) in [6.45, 7) is 4.62. The van der Waals surface area contributed by atoms with E-state index in [1.165, 1.54) is 27.8 Å². The van der Waals surface area contributed by atoms with Crippen molar-refractivity contribution < 1.29 is 4.42 Å². The third kappa shape index (κ3) is 4.81. The minimum atomic E-state index is -0.143. The molecule has 0 radical (unpaired) electrons. The van der Waals surface area contributed by atoms with Crippen molar-refractivity contribution in [2.24, 2.45) is 0 Å². The summed E-state index contributed by atoms with van der Waals surface area (Å²) in [5.74, 6) is 0.682. The molecule has 3 heteroatoms. The summed E-state index contributed by atoms with van der Waals surface area (Å²) in [6.07, 6.45) is 0. The van der Waals surface area contributed by atoms with Gasteiger partial charge in [-0.05, 0) is 74.8 Å². The Balaban J connectivity index is 1.22. The maximum Gasteiger partial charge on any atom is 0.160 e. The van der Waals surface area contributed by atoms with Gasteiger partial charge in [-0.2, -0.15) is 0 Å². The second-order valence-corrected chi connectivity index (χ2v) is 14.2. The van der Waals surface area contributed by atoms with E-state index >= 15 is 0 Å². The third-order valence-electron chi connectivity index (χ3n) is 10.7. The zero-order valence-electron chi connectivity index (χ0n) is 29.0. The van der Waals surface area contributed by atoms with Crippen LogP contribution in [0.4, 0.5) is 0 Å². The Morgan fingerprint density at radius 3 is 1.85 bits per heavy atom. The van der Waals surface area contributed by atoms with E-state index in [0.717, 1.165) is 66.7 Å². The van der Waals surface area contributed by atoms with Crippen molar-refractivity contribution in [3.63, 3.8) is 0 Å². The van der Waals surface area contributed by atoms with Crippen LogP contribution in [-0.4, -0.2) is 9.97 Å². The average molecular weight is 667 g/mol. The van der Waals surface area contributed by atoms with Crippen LogP contribution in [0.15, 0.2) is 174 Å². The quantitative estimate of drug-likeness (QED) is 0.183. The molecular weight excluding hydrogens is 633 g/mol. The molecule has 1 aliphatic rings. The number of rotatable bonds is 5. The van der Waals surface area contributed by atoms with Gasteiger partial charge in [0, 0.05) is 32.9 Å². The molecule has 2 aromatic heterocycles. The molecule has 9 aromatic rings. The predicted molar refractivity (Wildman–Crippen MR) is 214 cm³/mol. The van der Waals surface area contributed by atoms with Gasteiger partial charge in [0.05, 0.1) is 11.4 Å². The lowest BCUT2D eigenvalue weighted by Crippen LogP contribution is -2.15. The van der Waals surface area contributed by atoms with E-state index in [1.54, 1.807) is 0 Å². The molecule has 0 unspecified atom stereocenters. The van der Waals surface area contributed by atoms with Crippen molar-refractivity contribution in [3.05, 3.63) is 181 Å². The third-order valence-corrected chi connectivity index (χ3v) is 10.7. The first-order chi connectivity index (χ1) is 25.5. The number of aromatic nitrogens is 2. The molecule has 0 saturated carbocycles. The first-order valence-corrected chi connectivity index (χ1v) is 17.8. The van der Waals surface area contributed by atoms with Crippen LogP contribution in [0.2, 0.25) is 0 Å². The van der Waals surface area contributed by atoms with Crippen molar-refractivity contribution >= 4 is 21.9 Å². The second-order valence-electron chi connectivity index (χ2n) is 14.2. The monoisotopic (exact) mass is 666 g/mol. The maximum atomic E-state index is 6.55. The van der Waals surface area contributed by atoms with Gasteiger partial charge in [-0.1, -0.05) is 153 Å². The number of para-hydroxylation sites is 2. The fourth-order valence-electron chi connectivity index (χ4n) is 8.08. The topological polar surface area (TPSA) is 38.9 Å². The van der Waals surface area contributed by atoms with Crippen molar-refractivity contribution in [1.82, 2.24) is 9.97 Å². The summed E-state index contributed by atoms with van der Waals surface area (Å²) in [6, 6.07) is 60.0. The Labute approximate surface area is 302 Å². The Morgan fingerprint density at radius 1 is 0.404 bits per heavy atom. The van der Waals surface area contributed by atoms with Gasteiger partial charge in [0.15, 0.2) is 5.82 Å². The number of furan rings is 1. The second kappa shape index (κ2) is 11.8. The number of hydrogen-bond donors (Lipinski definition) is 0. The standard InChI is InChI=1S/C49H34N2O/c1-49(2)42-22-11-9-18-35(42)36-26-25-34(29-43(36)49)48-50-44(30-45(51-48)40-21-13-20-39-38-19-10-12-23-46(38)52-47(39)40)37-27-24-33(31-14-5-3-6-15-31)28-41(37)32-16-7-4-8-17-32/h3-30H,1-2H3. The molecule has 2 heterocycles. The lowest BCUT2D eigenvalue weighted by atomic mass is 9.82. The van der Waals surface area contributed by atoms with E-state index in [2.05, 4.69) is 172 Å². The highest BCUT2D eigenvalue weighted by Gasteiger charge is 2.35. The SMILES string of the molecule is CC1(C)c2ccccc2-c2ccc(-c3nc(-c4ccc(-c5ccccc5)cc4-c4ccccc4)cc(-c4cccc5c4oc4ccccc45)n3)cc21. The number of hydrogen-bond acceptors (Lipinski definition) is 3. The Kier molecular flexibility index (Phi) is 6.84. The summed E-state index contributed by atoms with van der Waals surface area (Å²) in [4.78, 5) is 10.7. The fraction of sp³-hybridized carbons (Fsp3) is 0.0612. The lowest BCUT2D eigenvalue weighted by molar-refractivity contribution is 0.660. The number of benzene rings is 7. The van der Waals surface area contributed by atoms with Gasteiger partial charge in [-0.15, -0.1) is 0 Å². The van der Waals surface area contributed by atoms with E-state index in [-0.39, 0.29) is 5.41 Å². The summed E-state index contributed by atoms with van der Waals surface area (Å²) < 4.78 is 6.55. The van der Waals surface area contributed by atoms with Crippen molar-refractivity contribution in [1.29, 1.82) is 0 Å². The summed E-state index contributed by atoms with van der Waals surface area (Å²) in [5, 5.41) is 2.17. The molecule has 52 heavy (non-hydrogen) atoms. The zero-order valence-corrected chi connectivity index (χ0v) is 29.0. The van der Waals surface area contributed by atoms with Crippen LogP contribution in [0.5, 0.6) is 0 Å². The lowest BCUT2D eigenvalue weighted by Gasteiger charge is -2.22. The Morgan fingerprint density at radius 2 is 1.02 bits per heavy atom. The van der Waals surface area contributed by atoms with Crippen LogP contribution < -0.4 is 0 Å². The maximum absolute atomic E-state index is 6.55. The van der Waals surface area contributed by atoms with E-state index in [9.17, 15) is 0 Å². The van der Waals surface area contributed by atoms with Gasteiger partial charge in [-0.25, -0.2) is 9.97 Å². The van der Waals surface area contributed by atoms with Gasteiger partial charge >= 0.3 is 0 Å². The van der Waals surface area contributed by atoms with Gasteiger partial charge in [-0.3, -0.25) is 0 Å². The van der Waals surface area contributed by atoms with Crippen LogP contribution >= 0.6 is 0 Å². The normalized spacial score (nSPS) is 13.0. The predicted octanol–water partition coefficient (Wildman–Crippen LogP) is 13.0. The molecule has 3 nitrogen and oxygen atoms in total. The molecule has 10 rings (SSSR count). The first kappa shape index (κ1) is 30.3. The van der Waals surface area contributed by atoms with Crippen LogP contribution in [0.3, 0.4) is 0 Å². The zero-order chi connectivity index (χ0) is 34.8. The van der Waals surface area contributed by atoms with Crippen LogP contribution in [0, 0.1) is 0 Å². The average Bonchev–Trinajstić information content (AvgIpc) is 3.70. The van der Waals surface area contributed by atoms with Crippen LogP contribution in [0.1, 0.15) is 25.0 Å². The van der Waals surface area contributed by atoms with Crippen molar-refractivity contribution in [2.75, 3.05) is 0 Å². The highest BCUT2D eigenvalue weighted by atomic mass is 16.3. The van der Waals surface area contributed by atoms with E-state index in [4.69, 9.17) is 14.4 Å². The molecule has 246 valence electrons. The number of nitrogens with zero attached hydrogens (tertiary/aromatic N) is 2. The Hall–Kier alpha value is -6.58. The molecule has 0 spiro atoms. The van der Waals surface area contributed by atoms with Crippen molar-refractivity contribution in [2.45, 2.75) is 19.3 Å². The van der Waals surface area contributed by atoms with Crippen molar-refractivity contribution in [3.8, 4) is 67.3 Å². The molecule has 0 aliphatic heterocycles. The largest absolute Gasteiger partial charge is 0.455 e. The first-order valence-electron chi connectivity index (χ1n) is 17.8. The smallest absolute Gasteiger partial charge is 0.160 e. The highest BCUT2D eigenvalue weighted by molar-refractivity contribution is 6.09. The van der Waals surface area contributed by atoms with E-state index in [0.29, 0.717) is 5.82 Å². The fourth-order valence-corrected chi connectivity index (χ4v) is 8.08. The Bertz CT molecular complexity index is 2810. The molecule has 0 atom stereocenters. The highest BCUT2D eigenvalue weighted by Crippen LogP contribution is 2.49. The molecule has 7 aromatic carbocycles. The van der Waals surface area contributed by atoms with E-state index < -0.39 is 0 Å². The van der Waals surface area contributed by atoms with Gasteiger partial charge in [0.2, 0.25) is 0 Å². The molecule has 0 bridgehead atoms. The summed E-state index contributed by atoms with van der Waals surface area (Å²) >= 11 is 0. The summed E-state index contributed by atoms with van der Waals surface area (Å²) in [5.41, 5.74) is 16.0. The van der Waals surface area contributed by atoms with E-state index in [1.807, 2.05) is 12.1 Å². The van der Waals surface area contributed by atoms with Gasteiger partial charge < -0.3 is 4.42 Å².